The van der Waals surface area contributed by atoms with Gasteiger partial charge in [0, 0.05) is 5.69 Å². The molecule has 0 saturated heterocycles. The largest absolute Gasteiger partial charge is 0.461 e. The SMILES string of the molecule is Cc1cc(C)c(NC(=O)[C@@H](C)Sc2nnc(-c3ccco3)n2N)c(C)c1. The lowest BCUT2D eigenvalue weighted by atomic mass is 10.1. The molecule has 2 heterocycles. The van der Waals surface area contributed by atoms with Crippen LogP contribution in [0, 0.1) is 20.8 Å². The average Bonchev–Trinajstić information content (AvgIpc) is 3.21. The fourth-order valence-electron chi connectivity index (χ4n) is 2.74. The minimum Gasteiger partial charge on any atom is -0.461 e. The molecule has 0 radical (unpaired) electrons. The molecule has 0 unspecified atom stereocenters. The van der Waals surface area contributed by atoms with Crippen molar-refractivity contribution in [1.82, 2.24) is 14.9 Å². The van der Waals surface area contributed by atoms with Crippen molar-refractivity contribution in [2.75, 3.05) is 11.2 Å². The van der Waals surface area contributed by atoms with Crippen LogP contribution in [0.4, 0.5) is 5.69 Å². The first-order chi connectivity index (χ1) is 12.4. The van der Waals surface area contributed by atoms with Crippen molar-refractivity contribution < 1.29 is 9.21 Å². The molecule has 0 aliphatic carbocycles. The third-order valence-electron chi connectivity index (χ3n) is 3.98. The molecular weight excluding hydrogens is 350 g/mol. The van der Waals surface area contributed by atoms with Crippen molar-refractivity contribution in [3.63, 3.8) is 0 Å². The van der Waals surface area contributed by atoms with Crippen molar-refractivity contribution in [2.24, 2.45) is 0 Å². The molecule has 26 heavy (non-hydrogen) atoms. The Morgan fingerprint density at radius 1 is 1.27 bits per heavy atom. The number of hydrogen-bond donors (Lipinski definition) is 2. The van der Waals surface area contributed by atoms with Gasteiger partial charge in [-0.25, -0.2) is 4.68 Å². The molecule has 2 aromatic heterocycles. The summed E-state index contributed by atoms with van der Waals surface area (Å²) in [6.45, 7) is 7.81. The number of nitrogen functional groups attached to an aromatic ring is 1. The van der Waals surface area contributed by atoms with Crippen LogP contribution in [0.2, 0.25) is 0 Å². The summed E-state index contributed by atoms with van der Waals surface area (Å²) in [6, 6.07) is 7.60. The van der Waals surface area contributed by atoms with Gasteiger partial charge in [-0.1, -0.05) is 29.5 Å². The number of nitrogens with two attached hydrogens (primary N) is 1. The number of carbonyl (C=O) groups excluding carboxylic acids is 1. The minimum atomic E-state index is -0.397. The van der Waals surface area contributed by atoms with Crippen LogP contribution in [0.25, 0.3) is 11.6 Å². The maximum atomic E-state index is 12.6. The number of nitrogens with one attached hydrogen (secondary N) is 1. The first kappa shape index (κ1) is 18.1. The number of rotatable bonds is 5. The van der Waals surface area contributed by atoms with E-state index in [1.807, 2.05) is 32.9 Å². The number of thioether (sulfide) groups is 1. The van der Waals surface area contributed by atoms with Gasteiger partial charge in [0.15, 0.2) is 5.76 Å². The third-order valence-corrected chi connectivity index (χ3v) is 5.04. The predicted octanol–water partition coefficient (Wildman–Crippen LogP) is 3.30. The second-order valence-electron chi connectivity index (χ2n) is 6.18. The van der Waals surface area contributed by atoms with E-state index in [0.29, 0.717) is 16.7 Å². The number of anilines is 1. The van der Waals surface area contributed by atoms with Crippen LogP contribution in [0.15, 0.2) is 40.1 Å². The number of carbonyl (C=O) groups is 1. The normalized spacial score (nSPS) is 12.2. The molecule has 136 valence electrons. The Morgan fingerprint density at radius 2 is 1.96 bits per heavy atom. The van der Waals surface area contributed by atoms with E-state index >= 15 is 0 Å². The summed E-state index contributed by atoms with van der Waals surface area (Å²) in [7, 11) is 0. The Kier molecular flexibility index (Phi) is 5.03. The van der Waals surface area contributed by atoms with E-state index in [2.05, 4.69) is 15.5 Å². The molecule has 1 aromatic carbocycles. The number of amides is 1. The van der Waals surface area contributed by atoms with Gasteiger partial charge in [-0.2, -0.15) is 0 Å². The molecule has 0 fully saturated rings. The second kappa shape index (κ2) is 7.25. The van der Waals surface area contributed by atoms with Gasteiger partial charge < -0.3 is 15.6 Å². The van der Waals surface area contributed by atoms with Gasteiger partial charge in [0.2, 0.25) is 16.9 Å². The number of hydrogen-bond acceptors (Lipinski definition) is 6. The molecule has 0 aliphatic rings. The van der Waals surface area contributed by atoms with E-state index in [4.69, 9.17) is 10.3 Å². The molecule has 3 aromatic rings. The Hall–Kier alpha value is -2.74. The fourth-order valence-corrected chi connectivity index (χ4v) is 3.52. The number of benzene rings is 1. The second-order valence-corrected chi connectivity index (χ2v) is 7.48. The van der Waals surface area contributed by atoms with Gasteiger partial charge in [-0.15, -0.1) is 10.2 Å². The van der Waals surface area contributed by atoms with Crippen molar-refractivity contribution in [3.8, 4) is 11.6 Å². The van der Waals surface area contributed by atoms with E-state index in [1.54, 1.807) is 25.3 Å². The molecule has 3 N–H and O–H groups in total. The zero-order valence-corrected chi connectivity index (χ0v) is 15.9. The fraction of sp³-hybridized carbons (Fsp3) is 0.278. The molecule has 1 atom stereocenters. The molecule has 0 bridgehead atoms. The topological polar surface area (TPSA) is 99.0 Å². The van der Waals surface area contributed by atoms with Crippen molar-refractivity contribution in [1.29, 1.82) is 0 Å². The summed E-state index contributed by atoms with van der Waals surface area (Å²) in [4.78, 5) is 12.6. The van der Waals surface area contributed by atoms with E-state index in [9.17, 15) is 4.79 Å². The summed E-state index contributed by atoms with van der Waals surface area (Å²) in [6.07, 6.45) is 1.54. The van der Waals surface area contributed by atoms with Gasteiger partial charge in [0.25, 0.3) is 0 Å². The van der Waals surface area contributed by atoms with Crippen LogP contribution >= 0.6 is 11.8 Å². The molecule has 8 heteroatoms. The molecular formula is C18H21N5O2S. The Bertz CT molecular complexity index is 910. The highest BCUT2D eigenvalue weighted by Gasteiger charge is 2.21. The molecule has 0 saturated carbocycles. The monoisotopic (exact) mass is 371 g/mol. The van der Waals surface area contributed by atoms with E-state index < -0.39 is 5.25 Å². The zero-order valence-electron chi connectivity index (χ0n) is 15.1. The number of nitrogens with zero attached hydrogens (tertiary/aromatic N) is 3. The highest BCUT2D eigenvalue weighted by Crippen LogP contribution is 2.27. The van der Waals surface area contributed by atoms with E-state index in [-0.39, 0.29) is 5.91 Å². The summed E-state index contributed by atoms with van der Waals surface area (Å²) < 4.78 is 6.62. The zero-order chi connectivity index (χ0) is 18.8. The first-order valence-corrected chi connectivity index (χ1v) is 9.04. The van der Waals surface area contributed by atoms with Crippen molar-refractivity contribution in [2.45, 2.75) is 38.1 Å². The average molecular weight is 371 g/mol. The number of aryl methyl sites for hydroxylation is 3. The first-order valence-electron chi connectivity index (χ1n) is 8.16. The molecule has 7 nitrogen and oxygen atoms in total. The lowest BCUT2D eigenvalue weighted by Gasteiger charge is -2.15. The van der Waals surface area contributed by atoms with Gasteiger partial charge in [0.05, 0.1) is 11.5 Å². The molecule has 3 rings (SSSR count). The Balaban J connectivity index is 1.73. The van der Waals surface area contributed by atoms with Crippen molar-refractivity contribution in [3.05, 3.63) is 47.2 Å². The third kappa shape index (κ3) is 3.60. The Labute approximate surface area is 156 Å². The van der Waals surface area contributed by atoms with Crippen LogP contribution < -0.4 is 11.2 Å². The minimum absolute atomic E-state index is 0.118. The number of aromatic nitrogens is 3. The van der Waals surface area contributed by atoms with Crippen LogP contribution in [0.1, 0.15) is 23.6 Å². The number of furan rings is 1. The molecule has 0 spiro atoms. The van der Waals surface area contributed by atoms with Crippen LogP contribution in [0.3, 0.4) is 0 Å². The highest BCUT2D eigenvalue weighted by atomic mass is 32.2. The summed E-state index contributed by atoms with van der Waals surface area (Å²) in [5.74, 6) is 6.86. The van der Waals surface area contributed by atoms with Crippen LogP contribution in [-0.4, -0.2) is 26.0 Å². The predicted molar refractivity (Wildman–Crippen MR) is 102 cm³/mol. The summed E-state index contributed by atoms with van der Waals surface area (Å²) in [5.41, 5.74) is 4.09. The quantitative estimate of drug-likeness (QED) is 0.527. The van der Waals surface area contributed by atoms with Gasteiger partial charge in [-0.3, -0.25) is 4.79 Å². The lowest BCUT2D eigenvalue weighted by molar-refractivity contribution is -0.115. The van der Waals surface area contributed by atoms with Crippen LogP contribution in [0.5, 0.6) is 0 Å². The molecule has 0 aliphatic heterocycles. The maximum absolute atomic E-state index is 12.6. The van der Waals surface area contributed by atoms with Crippen LogP contribution in [-0.2, 0) is 4.79 Å². The van der Waals surface area contributed by atoms with Gasteiger partial charge in [0.1, 0.15) is 0 Å². The standard InChI is InChI=1S/C18H21N5O2S/c1-10-8-11(2)15(12(3)9-10)20-17(24)13(4)26-18-22-21-16(23(18)19)14-6-5-7-25-14/h5-9,13H,19H2,1-4H3,(H,20,24)/t13-/m1/s1. The summed E-state index contributed by atoms with van der Waals surface area (Å²) in [5, 5.41) is 11.1. The maximum Gasteiger partial charge on any atom is 0.237 e. The highest BCUT2D eigenvalue weighted by molar-refractivity contribution is 8.00. The van der Waals surface area contributed by atoms with Gasteiger partial charge >= 0.3 is 0 Å². The summed E-state index contributed by atoms with van der Waals surface area (Å²) >= 11 is 1.24. The smallest absolute Gasteiger partial charge is 0.237 e. The molecule has 1 amide bonds. The van der Waals surface area contributed by atoms with Crippen molar-refractivity contribution >= 4 is 23.4 Å². The lowest BCUT2D eigenvalue weighted by Crippen LogP contribution is -2.24. The van der Waals surface area contributed by atoms with E-state index in [1.165, 1.54) is 22.0 Å². The Morgan fingerprint density at radius 3 is 2.58 bits per heavy atom. The van der Waals surface area contributed by atoms with E-state index in [0.717, 1.165) is 16.8 Å². The van der Waals surface area contributed by atoms with Gasteiger partial charge in [-0.05, 0) is 51.0 Å².